The van der Waals surface area contributed by atoms with Gasteiger partial charge in [0, 0.05) is 11.4 Å². The van der Waals surface area contributed by atoms with Crippen LogP contribution in [0.4, 0.5) is 0 Å². The van der Waals surface area contributed by atoms with Crippen molar-refractivity contribution >= 4 is 17.3 Å². The molecule has 0 fully saturated rings. The number of fused-ring (bicyclic) bond motifs is 1. The van der Waals surface area contributed by atoms with Crippen molar-refractivity contribution in [3.63, 3.8) is 0 Å². The number of thiophene rings is 1. The molecule has 7 heteroatoms. The number of nitrogens with zero attached hydrogens (tertiary/aromatic N) is 4. The minimum Gasteiger partial charge on any atom is -0.480 e. The number of carbonyl (C=O) groups is 1. The molecule has 0 radical (unpaired) electrons. The Hall–Kier alpha value is -1.73. The zero-order valence-corrected chi connectivity index (χ0v) is 12.2. The van der Waals surface area contributed by atoms with Gasteiger partial charge in [-0.2, -0.15) is 0 Å². The third kappa shape index (κ3) is 2.23. The summed E-state index contributed by atoms with van der Waals surface area (Å²) in [6, 6.07) is 1.53. The molecule has 0 spiro atoms. The molecule has 0 bridgehead atoms. The quantitative estimate of drug-likeness (QED) is 0.926. The normalized spacial score (nSPS) is 19.0. The summed E-state index contributed by atoms with van der Waals surface area (Å²) in [5.74, 6) is 0.821. The van der Waals surface area contributed by atoms with Gasteiger partial charge in [-0.15, -0.1) is 21.5 Å². The summed E-state index contributed by atoms with van der Waals surface area (Å²) in [5, 5.41) is 19.7. The van der Waals surface area contributed by atoms with Crippen LogP contribution in [-0.2, 0) is 24.4 Å². The lowest BCUT2D eigenvalue weighted by atomic mass is 10.1. The summed E-state index contributed by atoms with van der Waals surface area (Å²) in [7, 11) is 0. The van der Waals surface area contributed by atoms with Gasteiger partial charge in [0.1, 0.15) is 17.7 Å². The van der Waals surface area contributed by atoms with Crippen molar-refractivity contribution in [3.05, 3.63) is 33.5 Å². The van der Waals surface area contributed by atoms with Crippen LogP contribution in [0.5, 0.6) is 0 Å². The van der Waals surface area contributed by atoms with Crippen LogP contribution < -0.4 is 0 Å². The minimum atomic E-state index is -0.795. The Kier molecular flexibility index (Phi) is 3.31. The van der Waals surface area contributed by atoms with E-state index in [0.717, 1.165) is 11.6 Å². The molecule has 20 heavy (non-hydrogen) atoms. The first kappa shape index (κ1) is 13.3. The molecule has 0 saturated heterocycles. The Morgan fingerprint density at radius 1 is 1.50 bits per heavy atom. The van der Waals surface area contributed by atoms with Gasteiger partial charge in [-0.3, -0.25) is 9.69 Å². The number of carboxylic acids is 1. The van der Waals surface area contributed by atoms with Gasteiger partial charge in [0.05, 0.1) is 13.1 Å². The molecule has 2 aromatic rings. The summed E-state index contributed by atoms with van der Waals surface area (Å²) < 4.78 is 1.90. The molecule has 106 valence electrons. The first-order valence-corrected chi connectivity index (χ1v) is 7.32. The predicted molar refractivity (Wildman–Crippen MR) is 74.5 cm³/mol. The molecule has 2 aromatic heterocycles. The van der Waals surface area contributed by atoms with Gasteiger partial charge >= 0.3 is 5.97 Å². The van der Waals surface area contributed by atoms with E-state index in [0.29, 0.717) is 19.6 Å². The molecule has 0 saturated carbocycles. The van der Waals surface area contributed by atoms with Crippen LogP contribution in [0.3, 0.4) is 0 Å². The fourth-order valence-electron chi connectivity index (χ4n) is 2.55. The molecular weight excluding hydrogens is 276 g/mol. The van der Waals surface area contributed by atoms with Gasteiger partial charge in [-0.1, -0.05) is 0 Å². The summed E-state index contributed by atoms with van der Waals surface area (Å²) in [6.45, 7) is 5.48. The highest BCUT2D eigenvalue weighted by Gasteiger charge is 2.33. The maximum absolute atomic E-state index is 11.5. The molecular formula is C13H16N4O2S. The number of aromatic nitrogens is 3. The molecule has 3 rings (SSSR count). The van der Waals surface area contributed by atoms with Gasteiger partial charge < -0.3 is 9.67 Å². The third-order valence-corrected chi connectivity index (χ3v) is 4.67. The van der Waals surface area contributed by atoms with Crippen molar-refractivity contribution in [2.75, 3.05) is 0 Å². The zero-order valence-electron chi connectivity index (χ0n) is 11.4. The number of rotatable bonds is 3. The van der Waals surface area contributed by atoms with Gasteiger partial charge in [0.2, 0.25) is 0 Å². The Balaban J connectivity index is 1.89. The van der Waals surface area contributed by atoms with Crippen LogP contribution in [0, 0.1) is 13.8 Å². The number of carboxylic acid groups (broad SMARTS) is 1. The second-order valence-electron chi connectivity index (χ2n) is 5.04. The van der Waals surface area contributed by atoms with Crippen LogP contribution in [-0.4, -0.2) is 36.8 Å². The van der Waals surface area contributed by atoms with Crippen molar-refractivity contribution < 1.29 is 9.90 Å². The van der Waals surface area contributed by atoms with Gasteiger partial charge in [0.25, 0.3) is 0 Å². The lowest BCUT2D eigenvalue weighted by Crippen LogP contribution is -2.47. The standard InChI is InChI=1S/C13H16N4O2S/c1-8-10(3-4-20-8)5-16-7-12-15-14-9(2)17(12)6-11(16)13(18)19/h3-4,11H,5-7H2,1-2H3,(H,18,19). The first-order valence-electron chi connectivity index (χ1n) is 6.44. The van der Waals surface area contributed by atoms with Crippen molar-refractivity contribution in [1.82, 2.24) is 19.7 Å². The number of aliphatic carboxylic acids is 1. The largest absolute Gasteiger partial charge is 0.480 e. The van der Waals surface area contributed by atoms with E-state index in [1.807, 2.05) is 21.8 Å². The van der Waals surface area contributed by atoms with E-state index in [2.05, 4.69) is 23.2 Å². The second-order valence-corrected chi connectivity index (χ2v) is 6.16. The van der Waals surface area contributed by atoms with Crippen LogP contribution >= 0.6 is 11.3 Å². The number of aryl methyl sites for hydroxylation is 2. The van der Waals surface area contributed by atoms with Crippen molar-refractivity contribution in [3.8, 4) is 0 Å². The maximum Gasteiger partial charge on any atom is 0.322 e. The maximum atomic E-state index is 11.5. The zero-order chi connectivity index (χ0) is 14.3. The molecule has 1 atom stereocenters. The van der Waals surface area contributed by atoms with Gasteiger partial charge in [-0.25, -0.2) is 0 Å². The highest BCUT2D eigenvalue weighted by atomic mass is 32.1. The lowest BCUT2D eigenvalue weighted by Gasteiger charge is -2.33. The lowest BCUT2D eigenvalue weighted by molar-refractivity contribution is -0.145. The third-order valence-electron chi connectivity index (χ3n) is 3.78. The van der Waals surface area contributed by atoms with Crippen LogP contribution in [0.25, 0.3) is 0 Å². The van der Waals surface area contributed by atoms with Gasteiger partial charge in [-0.05, 0) is 30.9 Å². The fourth-order valence-corrected chi connectivity index (χ4v) is 3.27. The molecule has 1 unspecified atom stereocenters. The second kappa shape index (κ2) is 4.99. The molecule has 1 aliphatic heterocycles. The van der Waals surface area contributed by atoms with Crippen molar-refractivity contribution in [2.24, 2.45) is 0 Å². The summed E-state index contributed by atoms with van der Waals surface area (Å²) >= 11 is 1.69. The topological polar surface area (TPSA) is 71.2 Å². The first-order chi connectivity index (χ1) is 9.56. The van der Waals surface area contributed by atoms with Crippen LogP contribution in [0.1, 0.15) is 22.1 Å². The average Bonchev–Trinajstić information content (AvgIpc) is 2.96. The Labute approximate surface area is 120 Å². The summed E-state index contributed by atoms with van der Waals surface area (Å²) in [4.78, 5) is 14.7. The van der Waals surface area contributed by atoms with E-state index in [4.69, 9.17) is 0 Å². The Bertz CT molecular complexity index is 649. The van der Waals surface area contributed by atoms with Crippen molar-refractivity contribution in [1.29, 1.82) is 0 Å². The van der Waals surface area contributed by atoms with E-state index in [-0.39, 0.29) is 0 Å². The Morgan fingerprint density at radius 2 is 2.30 bits per heavy atom. The molecule has 6 nitrogen and oxygen atoms in total. The van der Waals surface area contributed by atoms with E-state index in [1.54, 1.807) is 11.3 Å². The molecule has 1 aliphatic rings. The van der Waals surface area contributed by atoms with Crippen LogP contribution in [0.2, 0.25) is 0 Å². The highest BCUT2D eigenvalue weighted by molar-refractivity contribution is 7.10. The molecule has 0 aromatic carbocycles. The monoisotopic (exact) mass is 292 g/mol. The number of hydrogen-bond acceptors (Lipinski definition) is 5. The highest BCUT2D eigenvalue weighted by Crippen LogP contribution is 2.23. The van der Waals surface area contributed by atoms with E-state index >= 15 is 0 Å². The number of hydrogen-bond donors (Lipinski definition) is 1. The summed E-state index contributed by atoms with van der Waals surface area (Å²) in [5.41, 5.74) is 1.19. The van der Waals surface area contributed by atoms with E-state index in [1.165, 1.54) is 10.4 Å². The predicted octanol–water partition coefficient (Wildman–Crippen LogP) is 1.43. The smallest absolute Gasteiger partial charge is 0.322 e. The molecule has 0 aliphatic carbocycles. The van der Waals surface area contributed by atoms with Crippen molar-refractivity contribution in [2.45, 2.75) is 39.5 Å². The van der Waals surface area contributed by atoms with E-state index < -0.39 is 12.0 Å². The minimum absolute atomic E-state index is 0.409. The van der Waals surface area contributed by atoms with E-state index in [9.17, 15) is 9.90 Å². The average molecular weight is 292 g/mol. The molecule has 0 amide bonds. The Morgan fingerprint density at radius 3 is 2.95 bits per heavy atom. The molecule has 3 heterocycles. The summed E-state index contributed by atoms with van der Waals surface area (Å²) in [6.07, 6.45) is 0. The van der Waals surface area contributed by atoms with Gasteiger partial charge in [0.15, 0.2) is 0 Å². The van der Waals surface area contributed by atoms with Crippen LogP contribution in [0.15, 0.2) is 11.4 Å². The SMILES string of the molecule is Cc1sccc1CN1Cc2nnc(C)n2CC1C(=O)O. The molecule has 1 N–H and O–H groups in total. The fraction of sp³-hybridized carbons (Fsp3) is 0.462.